The number of aromatic nitrogens is 4. The number of cyclic esters (lactones) is 1. The normalized spacial score (nSPS) is 16.9. The van der Waals surface area contributed by atoms with E-state index in [1.54, 1.807) is 49.4 Å². The number of aryl methyl sites for hydroxylation is 1. The summed E-state index contributed by atoms with van der Waals surface area (Å²) >= 11 is 6.75. The van der Waals surface area contributed by atoms with Crippen LogP contribution >= 0.6 is 11.6 Å². The van der Waals surface area contributed by atoms with Gasteiger partial charge in [0, 0.05) is 131 Å². The van der Waals surface area contributed by atoms with Gasteiger partial charge in [0.05, 0.1) is 66.8 Å². The number of nitrogens with zero attached hydrogens (tertiary/aromatic N) is 8. The molecular formula is C73H89ClN14O17S. The lowest BCUT2D eigenvalue weighted by Crippen LogP contribution is -2.52. The Balaban J connectivity index is 0.753. The first-order chi connectivity index (χ1) is 50.6. The van der Waals surface area contributed by atoms with Gasteiger partial charge in [-0.3, -0.25) is 48.1 Å². The molecule has 566 valence electrons. The second-order valence-corrected chi connectivity index (χ2v) is 28.5. The van der Waals surface area contributed by atoms with E-state index in [4.69, 9.17) is 35.5 Å². The van der Waals surface area contributed by atoms with Crippen molar-refractivity contribution in [2.75, 3.05) is 118 Å². The fraction of sp³-hybridized carbons (Fsp3) is 0.466. The Hall–Kier alpha value is -10.2. The molecule has 9 rings (SSSR count). The van der Waals surface area contributed by atoms with Crippen LogP contribution < -0.4 is 37.5 Å². The SMILES string of the molecule is C=C(COC(C)=O)N1CCN(CCCCC#Cc2cnc(S(C)(=O)=O)nc2)CCN(CC(=O)NCC(=O)NCC(=O)N[C@@H](Cc2ccccc2)C(=O)NCC(=O)NCOCC(=O)N[C@H]2CCc3c(C)c(Cl)cc4nc5c(c2c34)Cn2c-5cc3c(c2=O)COC(=O)[C@]3(O)CC)CCN(C(=C)COC(C)=O)CC1. The van der Waals surface area contributed by atoms with Gasteiger partial charge >= 0.3 is 17.9 Å². The number of ether oxygens (including phenoxy) is 4. The molecule has 0 unspecified atom stereocenters. The molecule has 6 amide bonds. The van der Waals surface area contributed by atoms with Crippen LogP contribution in [0.5, 0.6) is 0 Å². The molecule has 0 bridgehead atoms. The first-order valence-electron chi connectivity index (χ1n) is 34.8. The molecule has 3 atom stereocenters. The molecule has 0 saturated carbocycles. The first-order valence-corrected chi connectivity index (χ1v) is 37.0. The molecule has 5 aromatic rings. The Labute approximate surface area is 618 Å². The number of nitrogens with one attached hydrogen (secondary N) is 6. The number of esters is 3. The number of carbonyl (C=O) groups is 9. The van der Waals surface area contributed by atoms with Crippen LogP contribution in [0.15, 0.2) is 89.4 Å². The van der Waals surface area contributed by atoms with E-state index in [0.29, 0.717) is 128 Å². The van der Waals surface area contributed by atoms with Crippen molar-refractivity contribution < 1.29 is 75.6 Å². The smallest absolute Gasteiger partial charge is 0.343 e. The minimum atomic E-state index is -3.56. The van der Waals surface area contributed by atoms with Crippen LogP contribution in [-0.4, -0.2) is 230 Å². The zero-order valence-electron chi connectivity index (χ0n) is 60.0. The Morgan fingerprint density at radius 3 is 2.08 bits per heavy atom. The molecule has 7 N–H and O–H groups in total. The highest BCUT2D eigenvalue weighted by Gasteiger charge is 2.46. The maximum absolute atomic E-state index is 14.1. The third-order valence-electron chi connectivity index (χ3n) is 18.7. The summed E-state index contributed by atoms with van der Waals surface area (Å²) in [5, 5.41) is 28.3. The summed E-state index contributed by atoms with van der Waals surface area (Å²) < 4.78 is 46.6. The van der Waals surface area contributed by atoms with Crippen molar-refractivity contribution in [3.8, 4) is 23.2 Å². The van der Waals surface area contributed by atoms with E-state index < -0.39 is 119 Å². The number of carbonyl (C=O) groups excluding carboxylic acids is 9. The van der Waals surface area contributed by atoms with E-state index in [1.807, 2.05) is 21.6 Å². The molecule has 4 aliphatic rings. The van der Waals surface area contributed by atoms with Crippen molar-refractivity contribution in [1.82, 2.24) is 71.0 Å². The van der Waals surface area contributed by atoms with E-state index in [9.17, 15) is 61.5 Å². The van der Waals surface area contributed by atoms with Gasteiger partial charge in [-0.25, -0.2) is 28.2 Å². The summed E-state index contributed by atoms with van der Waals surface area (Å²) in [6.07, 6.45) is 6.71. The summed E-state index contributed by atoms with van der Waals surface area (Å²) in [4.78, 5) is 152. The lowest BCUT2D eigenvalue weighted by Gasteiger charge is -2.36. The number of unbranched alkanes of at least 4 members (excludes halogenated alkanes) is 2. The molecule has 2 aromatic carbocycles. The fourth-order valence-electron chi connectivity index (χ4n) is 12.9. The van der Waals surface area contributed by atoms with Crippen LogP contribution in [0.4, 0.5) is 0 Å². The number of hydrogen-bond donors (Lipinski definition) is 7. The maximum Gasteiger partial charge on any atom is 0.343 e. The molecule has 106 heavy (non-hydrogen) atoms. The summed E-state index contributed by atoms with van der Waals surface area (Å²) in [5.41, 5.74) is 4.70. The van der Waals surface area contributed by atoms with Crippen molar-refractivity contribution in [2.24, 2.45) is 0 Å². The number of benzene rings is 2. The topological polar surface area (TPSA) is 391 Å². The van der Waals surface area contributed by atoms with Gasteiger partial charge < -0.3 is 75.2 Å². The van der Waals surface area contributed by atoms with E-state index in [0.717, 1.165) is 41.2 Å². The molecule has 33 heteroatoms. The van der Waals surface area contributed by atoms with Crippen LogP contribution in [0.1, 0.15) is 103 Å². The zero-order chi connectivity index (χ0) is 76.4. The number of aliphatic hydroxyl groups is 1. The lowest BCUT2D eigenvalue weighted by molar-refractivity contribution is -0.172. The van der Waals surface area contributed by atoms with Crippen molar-refractivity contribution in [1.29, 1.82) is 0 Å². The van der Waals surface area contributed by atoms with Crippen LogP contribution in [0, 0.1) is 18.8 Å². The van der Waals surface area contributed by atoms with Crippen molar-refractivity contribution >= 4 is 85.7 Å². The van der Waals surface area contributed by atoms with Gasteiger partial charge in [-0.05, 0) is 80.0 Å². The first kappa shape index (κ1) is 79.9. The molecule has 3 aromatic heterocycles. The Morgan fingerprint density at radius 1 is 0.783 bits per heavy atom. The van der Waals surface area contributed by atoms with Crippen molar-refractivity contribution in [3.63, 3.8) is 0 Å². The number of rotatable bonds is 29. The molecular weight excluding hydrogens is 1410 g/mol. The molecule has 1 aliphatic carbocycles. The van der Waals surface area contributed by atoms with Gasteiger partial charge in [-0.2, -0.15) is 0 Å². The van der Waals surface area contributed by atoms with Crippen LogP contribution in [-0.2, 0) is 104 Å². The summed E-state index contributed by atoms with van der Waals surface area (Å²) in [6, 6.07) is 10.3. The predicted octanol–water partition coefficient (Wildman–Crippen LogP) is 1.10. The van der Waals surface area contributed by atoms with E-state index in [2.05, 4.69) is 71.8 Å². The Morgan fingerprint density at radius 2 is 1.41 bits per heavy atom. The van der Waals surface area contributed by atoms with Crippen LogP contribution in [0.3, 0.4) is 0 Å². The number of pyridine rings is 2. The average molecular weight is 1500 g/mol. The molecule has 31 nitrogen and oxygen atoms in total. The van der Waals surface area contributed by atoms with Crippen molar-refractivity contribution in [2.45, 2.75) is 109 Å². The molecule has 0 radical (unpaired) electrons. The van der Waals surface area contributed by atoms with E-state index in [1.165, 1.54) is 30.8 Å². The highest BCUT2D eigenvalue weighted by atomic mass is 35.5. The molecule has 1 saturated heterocycles. The number of sulfone groups is 1. The van der Waals surface area contributed by atoms with Gasteiger partial charge in [-0.1, -0.05) is 73.9 Å². The Kier molecular flexibility index (Phi) is 27.7. The minimum Gasteiger partial charge on any atom is -0.459 e. The number of fused-ring (bicyclic) bond motifs is 5. The summed E-state index contributed by atoms with van der Waals surface area (Å²) in [6.45, 7) is 15.7. The van der Waals surface area contributed by atoms with Gasteiger partial charge in [0.25, 0.3) is 5.56 Å². The third kappa shape index (κ3) is 21.1. The quantitative estimate of drug-likeness (QED) is 0.00863. The highest BCUT2D eigenvalue weighted by molar-refractivity contribution is 7.90. The van der Waals surface area contributed by atoms with Gasteiger partial charge in [0.2, 0.25) is 50.4 Å². The maximum atomic E-state index is 14.1. The van der Waals surface area contributed by atoms with Gasteiger partial charge in [0.15, 0.2) is 5.60 Å². The average Bonchev–Trinajstić information content (AvgIpc) is 1.51. The van der Waals surface area contributed by atoms with E-state index in [-0.39, 0.29) is 62.0 Å². The zero-order valence-corrected chi connectivity index (χ0v) is 61.6. The Bertz CT molecular complexity index is 4450. The molecule has 0 spiro atoms. The van der Waals surface area contributed by atoms with Crippen LogP contribution in [0.25, 0.3) is 22.3 Å². The fourth-order valence-corrected chi connectivity index (χ4v) is 13.6. The number of halogens is 1. The predicted molar refractivity (Wildman–Crippen MR) is 387 cm³/mol. The van der Waals surface area contributed by atoms with Crippen molar-refractivity contribution in [3.05, 3.63) is 139 Å². The third-order valence-corrected chi connectivity index (χ3v) is 19.9. The van der Waals surface area contributed by atoms with Crippen LogP contribution in [0.2, 0.25) is 5.02 Å². The second kappa shape index (κ2) is 36.7. The van der Waals surface area contributed by atoms with E-state index >= 15 is 0 Å². The summed E-state index contributed by atoms with van der Waals surface area (Å²) in [7, 11) is -3.56. The number of amides is 6. The largest absolute Gasteiger partial charge is 0.459 e. The second-order valence-electron chi connectivity index (χ2n) is 26.2. The minimum absolute atomic E-state index is 0.00276. The summed E-state index contributed by atoms with van der Waals surface area (Å²) in [5.74, 6) is 0.399. The number of hydrogen-bond acceptors (Lipinski definition) is 24. The lowest BCUT2D eigenvalue weighted by atomic mass is 9.81. The molecule has 1 fully saturated rings. The highest BCUT2D eigenvalue weighted by Crippen LogP contribution is 2.46. The molecule has 6 heterocycles. The molecule has 3 aliphatic heterocycles. The van der Waals surface area contributed by atoms with Gasteiger partial charge in [-0.15, -0.1) is 0 Å². The standard InChI is InChI=1S/C73H89ClN14O17S/c1-8-73(99)55-31-60-68-53(38-88(60)70(97)54(55)42-105-71(73)98)67-57(20-19-52-47(4)56(74)32-58(83-68)66(52)67)81-65(95)43-102-44-80-62(92)36-77-69(96)59(30-50-16-13-11-14-17-50)82-63(93)37-75-61(91)35-76-64(94)39-85-23-22-84(21-15-10-9-12-18-51-33-78-72(79-34-51)106(7,100)101)24-26-86(45(2)40-103-48(5)89)28-29-87(27-25-85)46(3)41-104-49(6)90/h11,13-14,16-17,31-34,57,59,99H,2-3,8-10,15,19-30,35-44H2,1,4-7H3,(H,75,91)(H,76,94)(H,77,96)(H,80,92)(H,81,95)(H,82,93)/t57-,59-,73-/m0/s1. The monoisotopic (exact) mass is 1500 g/mol. The van der Waals surface area contributed by atoms with Gasteiger partial charge in [0.1, 0.15) is 39.2 Å².